The van der Waals surface area contributed by atoms with Crippen LogP contribution < -0.4 is 0 Å². The van der Waals surface area contributed by atoms with Gasteiger partial charge in [0.2, 0.25) is 0 Å². The second kappa shape index (κ2) is 5.99. The van der Waals surface area contributed by atoms with E-state index >= 15 is 0 Å². The van der Waals surface area contributed by atoms with Crippen molar-refractivity contribution in [2.75, 3.05) is 6.61 Å². The van der Waals surface area contributed by atoms with Crippen molar-refractivity contribution in [3.8, 4) is 0 Å². The van der Waals surface area contributed by atoms with Crippen molar-refractivity contribution >= 4 is 11.8 Å². The molecule has 1 aliphatic carbocycles. The Morgan fingerprint density at radius 3 is 2.61 bits per heavy atom. The van der Waals surface area contributed by atoms with Crippen molar-refractivity contribution in [2.24, 2.45) is 5.41 Å². The van der Waals surface area contributed by atoms with Crippen LogP contribution in [0.3, 0.4) is 0 Å². The Labute approximate surface area is 135 Å². The summed E-state index contributed by atoms with van der Waals surface area (Å²) < 4.78 is 7.18. The lowest BCUT2D eigenvalue weighted by atomic mass is 10.0. The van der Waals surface area contributed by atoms with E-state index in [1.165, 1.54) is 6.20 Å². The summed E-state index contributed by atoms with van der Waals surface area (Å²) in [6, 6.07) is 9.87. The molecule has 0 bridgehead atoms. The van der Waals surface area contributed by atoms with Crippen LogP contribution in [-0.4, -0.2) is 27.9 Å². The van der Waals surface area contributed by atoms with Gasteiger partial charge in [0, 0.05) is 0 Å². The van der Waals surface area contributed by atoms with E-state index in [-0.39, 0.29) is 18.4 Å². The number of hydrogen-bond acceptors (Lipinski definition) is 4. The van der Waals surface area contributed by atoms with Crippen molar-refractivity contribution in [2.45, 2.75) is 32.7 Å². The molecule has 0 N–H and O–H groups in total. The van der Waals surface area contributed by atoms with Gasteiger partial charge in [-0.25, -0.2) is 9.78 Å². The number of nitrogens with zero attached hydrogens (tertiary/aromatic N) is 2. The number of aromatic nitrogens is 2. The first kappa shape index (κ1) is 15.5. The van der Waals surface area contributed by atoms with E-state index in [4.69, 9.17) is 4.74 Å². The van der Waals surface area contributed by atoms with Gasteiger partial charge in [-0.05, 0) is 32.3 Å². The highest BCUT2D eigenvalue weighted by atomic mass is 16.5. The molecule has 0 saturated heterocycles. The first-order valence-corrected chi connectivity index (χ1v) is 7.78. The van der Waals surface area contributed by atoms with Crippen molar-refractivity contribution in [1.82, 2.24) is 9.55 Å². The molecule has 2 aromatic rings. The lowest BCUT2D eigenvalue weighted by molar-refractivity contribution is -0.123. The van der Waals surface area contributed by atoms with Gasteiger partial charge in [-0.2, -0.15) is 0 Å². The molecule has 1 aromatic carbocycles. The second-order valence-electron chi connectivity index (χ2n) is 6.19. The third-order valence-electron chi connectivity index (χ3n) is 4.65. The second-order valence-corrected chi connectivity index (χ2v) is 6.19. The maximum Gasteiger partial charge on any atom is 0.356 e. The molecular formula is C18H20N2O3. The van der Waals surface area contributed by atoms with Crippen molar-refractivity contribution in [3.63, 3.8) is 0 Å². The number of ether oxygens (including phenoxy) is 1. The van der Waals surface area contributed by atoms with E-state index < -0.39 is 11.4 Å². The van der Waals surface area contributed by atoms with Gasteiger partial charge in [-0.3, -0.25) is 4.79 Å². The van der Waals surface area contributed by atoms with E-state index in [1.807, 2.05) is 37.3 Å². The first-order valence-electron chi connectivity index (χ1n) is 7.78. The maximum atomic E-state index is 12.4. The summed E-state index contributed by atoms with van der Waals surface area (Å²) in [7, 11) is 0. The normalized spacial score (nSPS) is 16.6. The van der Waals surface area contributed by atoms with Crippen LogP contribution in [-0.2, 0) is 9.53 Å². The first-order chi connectivity index (χ1) is 11.0. The molecule has 1 aliphatic rings. The lowest BCUT2D eigenvalue weighted by Gasteiger charge is -2.17. The minimum atomic E-state index is -0.439. The number of imidazole rings is 1. The Hall–Kier alpha value is -2.43. The molecule has 1 heterocycles. The molecule has 0 unspecified atom stereocenters. The lowest BCUT2D eigenvalue weighted by Crippen LogP contribution is -2.23. The highest BCUT2D eigenvalue weighted by molar-refractivity contribution is 5.89. The highest BCUT2D eigenvalue weighted by Crippen LogP contribution is 2.46. The number of hydrogen-bond donors (Lipinski definition) is 0. The van der Waals surface area contributed by atoms with Gasteiger partial charge < -0.3 is 9.30 Å². The molecule has 120 valence electrons. The van der Waals surface area contributed by atoms with Crippen molar-refractivity contribution in [3.05, 3.63) is 54.1 Å². The van der Waals surface area contributed by atoms with Gasteiger partial charge in [-0.1, -0.05) is 30.3 Å². The van der Waals surface area contributed by atoms with E-state index in [0.29, 0.717) is 5.69 Å². The van der Waals surface area contributed by atoms with Crippen LogP contribution in [0.2, 0.25) is 0 Å². The predicted octanol–water partition coefficient (Wildman–Crippen LogP) is 3.02. The van der Waals surface area contributed by atoms with Crippen LogP contribution in [0.1, 0.15) is 48.8 Å². The third kappa shape index (κ3) is 3.04. The van der Waals surface area contributed by atoms with Crippen LogP contribution >= 0.6 is 0 Å². The summed E-state index contributed by atoms with van der Waals surface area (Å²) in [6.07, 6.45) is 4.74. The number of rotatable bonds is 6. The predicted molar refractivity (Wildman–Crippen MR) is 85.1 cm³/mol. The Morgan fingerprint density at radius 2 is 2.00 bits per heavy atom. The average Bonchev–Trinajstić information content (AvgIpc) is 3.21. The van der Waals surface area contributed by atoms with Crippen LogP contribution in [0.25, 0.3) is 0 Å². The molecule has 0 radical (unpaired) electrons. The van der Waals surface area contributed by atoms with E-state index in [2.05, 4.69) is 4.98 Å². The van der Waals surface area contributed by atoms with Crippen molar-refractivity contribution in [1.29, 1.82) is 0 Å². The molecule has 5 nitrogen and oxygen atoms in total. The minimum absolute atomic E-state index is 0.0241. The van der Waals surface area contributed by atoms with Gasteiger partial charge in [0.25, 0.3) is 0 Å². The zero-order valence-electron chi connectivity index (χ0n) is 13.4. The summed E-state index contributed by atoms with van der Waals surface area (Å²) in [5, 5.41) is 0. The molecular weight excluding hydrogens is 292 g/mol. The molecule has 1 aromatic heterocycles. The highest BCUT2D eigenvalue weighted by Gasteiger charge is 2.48. The maximum absolute atomic E-state index is 12.4. The third-order valence-corrected chi connectivity index (χ3v) is 4.65. The molecule has 0 aliphatic heterocycles. The monoisotopic (exact) mass is 312 g/mol. The van der Waals surface area contributed by atoms with E-state index in [1.54, 1.807) is 17.8 Å². The van der Waals surface area contributed by atoms with E-state index in [0.717, 1.165) is 18.4 Å². The molecule has 0 amide bonds. The van der Waals surface area contributed by atoms with Crippen LogP contribution in [0.4, 0.5) is 0 Å². The summed E-state index contributed by atoms with van der Waals surface area (Å²) in [4.78, 5) is 28.0. The number of carbonyl (C=O) groups is 2. The molecule has 1 saturated carbocycles. The van der Waals surface area contributed by atoms with Crippen molar-refractivity contribution < 1.29 is 14.3 Å². The quantitative estimate of drug-likeness (QED) is 0.769. The summed E-state index contributed by atoms with van der Waals surface area (Å²) >= 11 is 0. The van der Waals surface area contributed by atoms with Gasteiger partial charge in [0.05, 0.1) is 24.0 Å². The van der Waals surface area contributed by atoms with Gasteiger partial charge in [0.15, 0.2) is 0 Å². The number of esters is 1. The zero-order valence-corrected chi connectivity index (χ0v) is 13.4. The number of carbonyl (C=O) groups excluding carboxylic acids is 2. The fraction of sp³-hybridized carbons (Fsp3) is 0.389. The average molecular weight is 312 g/mol. The largest absolute Gasteiger partial charge is 0.460 e. The topological polar surface area (TPSA) is 61.2 Å². The standard InChI is InChI=1S/C18H20N2O3/c1-13(15-6-4-3-5-7-15)20-12-19-10-16(20)17(22)23-11-18(8-9-18)14(2)21/h3-7,10,12-13H,8-9,11H2,1-2H3/t13-/m1/s1. The SMILES string of the molecule is CC(=O)C1(COC(=O)c2cncn2[C@H](C)c2ccccc2)CC1. The summed E-state index contributed by atoms with van der Waals surface area (Å²) in [5.74, 6) is -0.339. The molecule has 0 spiro atoms. The fourth-order valence-corrected chi connectivity index (χ4v) is 2.69. The smallest absolute Gasteiger partial charge is 0.356 e. The Balaban J connectivity index is 1.73. The molecule has 5 heteroatoms. The van der Waals surface area contributed by atoms with Gasteiger partial charge in [0.1, 0.15) is 18.1 Å². The fourth-order valence-electron chi connectivity index (χ4n) is 2.69. The van der Waals surface area contributed by atoms with Crippen LogP contribution in [0.5, 0.6) is 0 Å². The molecule has 3 rings (SSSR count). The Kier molecular flexibility index (Phi) is 4.03. The summed E-state index contributed by atoms with van der Waals surface area (Å²) in [6.45, 7) is 3.72. The molecule has 1 fully saturated rings. The van der Waals surface area contributed by atoms with Crippen LogP contribution in [0.15, 0.2) is 42.9 Å². The van der Waals surface area contributed by atoms with Gasteiger partial charge in [-0.15, -0.1) is 0 Å². The van der Waals surface area contributed by atoms with E-state index in [9.17, 15) is 9.59 Å². The number of Topliss-reactive ketones (excluding diaryl/α,β-unsaturated/α-hetero) is 1. The molecule has 23 heavy (non-hydrogen) atoms. The van der Waals surface area contributed by atoms with Crippen LogP contribution in [0, 0.1) is 5.41 Å². The number of benzene rings is 1. The summed E-state index contributed by atoms with van der Waals surface area (Å²) in [5.41, 5.74) is 1.05. The Bertz CT molecular complexity index is 717. The van der Waals surface area contributed by atoms with Gasteiger partial charge >= 0.3 is 5.97 Å². The minimum Gasteiger partial charge on any atom is -0.460 e. The Morgan fingerprint density at radius 1 is 1.30 bits per heavy atom. The molecule has 1 atom stereocenters. The zero-order chi connectivity index (χ0) is 16.4. The number of ketones is 1.